The molecule has 6 rings (SSSR count). The predicted molar refractivity (Wildman–Crippen MR) is 152 cm³/mol. The molecular formula is C32H38N4O2. The summed E-state index contributed by atoms with van der Waals surface area (Å²) in [6.07, 6.45) is 8.52. The quantitative estimate of drug-likeness (QED) is 0.352. The molecule has 6 heteroatoms. The summed E-state index contributed by atoms with van der Waals surface area (Å²) < 4.78 is 6.10. The van der Waals surface area contributed by atoms with E-state index in [0.29, 0.717) is 18.5 Å². The van der Waals surface area contributed by atoms with E-state index in [1.807, 2.05) is 67.6 Å². The number of anilines is 2. The van der Waals surface area contributed by atoms with Gasteiger partial charge in [-0.25, -0.2) is 0 Å². The molecule has 38 heavy (non-hydrogen) atoms. The first-order chi connectivity index (χ1) is 18.5. The van der Waals surface area contributed by atoms with Crippen molar-refractivity contribution in [2.45, 2.75) is 70.2 Å². The molecule has 1 amide bonds. The number of ether oxygens (including phenoxy) is 1. The van der Waals surface area contributed by atoms with Gasteiger partial charge < -0.3 is 19.9 Å². The molecule has 0 aromatic heterocycles. The first-order valence-corrected chi connectivity index (χ1v) is 14.1. The van der Waals surface area contributed by atoms with Crippen LogP contribution in [0.3, 0.4) is 0 Å². The number of carbonyl (C=O) groups is 1. The number of nitrogens with two attached hydrogens (primary N) is 1. The van der Waals surface area contributed by atoms with E-state index in [9.17, 15) is 4.79 Å². The Bertz CT molecular complexity index is 1280. The lowest BCUT2D eigenvalue weighted by atomic mass is 9.93. The zero-order valence-electron chi connectivity index (χ0n) is 22.2. The molecule has 1 aliphatic heterocycles. The van der Waals surface area contributed by atoms with E-state index < -0.39 is 5.79 Å². The molecule has 2 saturated carbocycles. The normalized spacial score (nSPS) is 21.1. The fraction of sp³-hybridized carbons (Fsp3) is 0.406. The Labute approximate surface area is 225 Å². The number of nitrogens with one attached hydrogen (secondary N) is 1. The van der Waals surface area contributed by atoms with Crippen molar-refractivity contribution in [2.24, 2.45) is 11.7 Å². The molecule has 198 valence electrons. The molecular weight excluding hydrogens is 472 g/mol. The minimum Gasteiger partial charge on any atom is -0.457 e. The minimum atomic E-state index is -0.770. The van der Waals surface area contributed by atoms with Crippen LogP contribution in [0, 0.1) is 5.92 Å². The molecule has 1 heterocycles. The highest BCUT2D eigenvalue weighted by atomic mass is 16.5. The zero-order chi connectivity index (χ0) is 26.1. The van der Waals surface area contributed by atoms with E-state index in [4.69, 9.17) is 10.5 Å². The van der Waals surface area contributed by atoms with Crippen LogP contribution >= 0.6 is 0 Å². The number of nitrogens with zero attached hydrogens (tertiary/aromatic N) is 2. The summed E-state index contributed by atoms with van der Waals surface area (Å²) in [5.74, 6) is 1.64. The molecule has 3 aromatic rings. The van der Waals surface area contributed by atoms with Gasteiger partial charge in [0, 0.05) is 30.8 Å². The third-order valence-corrected chi connectivity index (χ3v) is 8.13. The van der Waals surface area contributed by atoms with Crippen molar-refractivity contribution in [1.82, 2.24) is 4.90 Å². The van der Waals surface area contributed by atoms with Crippen molar-refractivity contribution in [3.05, 3.63) is 83.9 Å². The van der Waals surface area contributed by atoms with Crippen LogP contribution in [0.2, 0.25) is 0 Å². The molecule has 2 aliphatic carbocycles. The van der Waals surface area contributed by atoms with E-state index >= 15 is 0 Å². The summed E-state index contributed by atoms with van der Waals surface area (Å²) in [5, 5.41) is 3.44. The van der Waals surface area contributed by atoms with Gasteiger partial charge in [-0.2, -0.15) is 0 Å². The van der Waals surface area contributed by atoms with Crippen molar-refractivity contribution in [2.75, 3.05) is 16.8 Å². The number of rotatable bonds is 8. The standard InChI is InChI=1S/C32H38N4O2/c1-32(33)34-29-18-17-28(38-27-13-6-3-7-14-27)20-30(29)36(32)22-24-9-8-10-25(19-24)31(37)35(21-23-15-16-23)26-11-4-2-5-12-26/h3,6-10,13-14,17-20,23,26,34H,2,4-5,11-12,15-16,21-22,33H2,1H3. The van der Waals surface area contributed by atoms with Crippen LogP contribution in [-0.4, -0.2) is 29.2 Å². The van der Waals surface area contributed by atoms with Gasteiger partial charge in [-0.3, -0.25) is 10.5 Å². The molecule has 6 nitrogen and oxygen atoms in total. The highest BCUT2D eigenvalue weighted by molar-refractivity contribution is 5.94. The van der Waals surface area contributed by atoms with Crippen LogP contribution in [0.15, 0.2) is 72.8 Å². The fourth-order valence-electron chi connectivity index (χ4n) is 5.89. The third kappa shape index (κ3) is 5.37. The topological polar surface area (TPSA) is 70.8 Å². The lowest BCUT2D eigenvalue weighted by molar-refractivity contribution is 0.0622. The van der Waals surface area contributed by atoms with Gasteiger partial charge in [0.15, 0.2) is 5.79 Å². The van der Waals surface area contributed by atoms with Gasteiger partial charge in [-0.05, 0) is 80.5 Å². The summed E-state index contributed by atoms with van der Waals surface area (Å²) >= 11 is 0. The molecule has 0 saturated heterocycles. The van der Waals surface area contributed by atoms with Gasteiger partial charge in [0.05, 0.1) is 11.4 Å². The summed E-state index contributed by atoms with van der Waals surface area (Å²) in [5.41, 5.74) is 10.5. The maximum absolute atomic E-state index is 13.8. The highest BCUT2D eigenvalue weighted by Crippen LogP contribution is 2.42. The van der Waals surface area contributed by atoms with Crippen molar-refractivity contribution in [3.8, 4) is 11.5 Å². The second kappa shape index (κ2) is 10.3. The van der Waals surface area contributed by atoms with Crippen molar-refractivity contribution < 1.29 is 9.53 Å². The van der Waals surface area contributed by atoms with Crippen LogP contribution in [0.25, 0.3) is 0 Å². The molecule has 3 N–H and O–H groups in total. The average Bonchev–Trinajstić information content (AvgIpc) is 3.72. The lowest BCUT2D eigenvalue weighted by Crippen LogP contribution is -2.55. The van der Waals surface area contributed by atoms with Gasteiger partial charge in [-0.1, -0.05) is 49.6 Å². The summed E-state index contributed by atoms with van der Waals surface area (Å²) in [4.78, 5) is 18.1. The molecule has 1 atom stereocenters. The van der Waals surface area contributed by atoms with Crippen LogP contribution < -0.4 is 20.7 Å². The Balaban J connectivity index is 1.23. The van der Waals surface area contributed by atoms with Crippen LogP contribution in [0.4, 0.5) is 11.4 Å². The van der Waals surface area contributed by atoms with Crippen molar-refractivity contribution >= 4 is 17.3 Å². The second-order valence-corrected chi connectivity index (χ2v) is 11.3. The van der Waals surface area contributed by atoms with Gasteiger partial charge >= 0.3 is 0 Å². The minimum absolute atomic E-state index is 0.180. The van der Waals surface area contributed by atoms with Gasteiger partial charge in [-0.15, -0.1) is 0 Å². The number of carbonyl (C=O) groups excluding carboxylic acids is 1. The fourth-order valence-corrected chi connectivity index (χ4v) is 5.89. The van der Waals surface area contributed by atoms with Crippen molar-refractivity contribution in [1.29, 1.82) is 0 Å². The number of para-hydroxylation sites is 1. The van der Waals surface area contributed by atoms with Crippen LogP contribution in [0.5, 0.6) is 11.5 Å². The third-order valence-electron chi connectivity index (χ3n) is 8.13. The van der Waals surface area contributed by atoms with E-state index in [2.05, 4.69) is 27.2 Å². The molecule has 3 aliphatic rings. The molecule has 1 unspecified atom stereocenters. The number of hydrogen-bond donors (Lipinski definition) is 2. The molecule has 0 radical (unpaired) electrons. The maximum atomic E-state index is 13.8. The largest absolute Gasteiger partial charge is 0.457 e. The Morgan fingerprint density at radius 2 is 1.76 bits per heavy atom. The first-order valence-electron chi connectivity index (χ1n) is 14.1. The van der Waals surface area contributed by atoms with Crippen molar-refractivity contribution in [3.63, 3.8) is 0 Å². The SMILES string of the molecule is CC1(N)Nc2ccc(Oc3ccccc3)cc2N1Cc1cccc(C(=O)N(CC2CC2)C2CCCCC2)c1. The smallest absolute Gasteiger partial charge is 0.254 e. The van der Waals surface area contributed by atoms with Crippen LogP contribution in [0.1, 0.15) is 67.8 Å². The van der Waals surface area contributed by atoms with Gasteiger partial charge in [0.2, 0.25) is 0 Å². The second-order valence-electron chi connectivity index (χ2n) is 11.3. The van der Waals surface area contributed by atoms with Gasteiger partial charge in [0.1, 0.15) is 11.5 Å². The number of fused-ring (bicyclic) bond motifs is 1. The molecule has 2 fully saturated rings. The Kier molecular flexibility index (Phi) is 6.75. The number of hydrogen-bond acceptors (Lipinski definition) is 5. The van der Waals surface area contributed by atoms with E-state index in [1.54, 1.807) is 0 Å². The maximum Gasteiger partial charge on any atom is 0.254 e. The van der Waals surface area contributed by atoms with Crippen LogP contribution in [-0.2, 0) is 6.54 Å². The molecule has 0 bridgehead atoms. The van der Waals surface area contributed by atoms with E-state index in [0.717, 1.165) is 53.4 Å². The highest BCUT2D eigenvalue weighted by Gasteiger charge is 2.37. The average molecular weight is 511 g/mol. The van der Waals surface area contributed by atoms with E-state index in [-0.39, 0.29) is 5.91 Å². The number of benzene rings is 3. The Morgan fingerprint density at radius 1 is 0.974 bits per heavy atom. The summed E-state index contributed by atoms with van der Waals surface area (Å²) in [6, 6.07) is 24.3. The summed E-state index contributed by atoms with van der Waals surface area (Å²) in [6.45, 7) is 3.46. The first kappa shape index (κ1) is 24.8. The monoisotopic (exact) mass is 510 g/mol. The number of amides is 1. The van der Waals surface area contributed by atoms with Gasteiger partial charge in [0.25, 0.3) is 5.91 Å². The Hall–Kier alpha value is -3.51. The molecule has 0 spiro atoms. The van der Waals surface area contributed by atoms with E-state index in [1.165, 1.54) is 32.1 Å². The molecule has 3 aromatic carbocycles. The summed E-state index contributed by atoms with van der Waals surface area (Å²) in [7, 11) is 0. The lowest BCUT2D eigenvalue weighted by Gasteiger charge is -2.35. The Morgan fingerprint density at radius 3 is 2.53 bits per heavy atom. The predicted octanol–water partition coefficient (Wildman–Crippen LogP) is 6.73. The zero-order valence-corrected chi connectivity index (χ0v) is 22.2.